The maximum Gasteiger partial charge on any atom is 0.214 e. The van der Waals surface area contributed by atoms with Crippen molar-refractivity contribution in [1.82, 2.24) is 0 Å². The predicted molar refractivity (Wildman–Crippen MR) is 78.2 cm³/mol. The van der Waals surface area contributed by atoms with Crippen molar-refractivity contribution in [3.8, 4) is 0 Å². The highest BCUT2D eigenvalue weighted by Gasteiger charge is 2.38. The number of aliphatic hydroxyl groups is 1. The van der Waals surface area contributed by atoms with Gasteiger partial charge in [-0.1, -0.05) is 36.4 Å². The number of hydrogen-bond donors (Lipinski definition) is 1. The van der Waals surface area contributed by atoms with Gasteiger partial charge >= 0.3 is 0 Å². The number of carbonyl (C=O) groups is 2. The van der Waals surface area contributed by atoms with Gasteiger partial charge in [-0.15, -0.1) is 0 Å². The highest BCUT2D eigenvalue weighted by molar-refractivity contribution is 6.62. The molecule has 4 rings (SSSR count). The van der Waals surface area contributed by atoms with Crippen LogP contribution in [0.15, 0.2) is 59.1 Å². The molecule has 0 saturated carbocycles. The molecule has 0 fully saturated rings. The number of benzene rings is 2. The van der Waals surface area contributed by atoms with Crippen LogP contribution >= 0.6 is 0 Å². The molecule has 0 bridgehead atoms. The maximum atomic E-state index is 12.4. The molecule has 1 aliphatic heterocycles. The van der Waals surface area contributed by atoms with E-state index >= 15 is 0 Å². The minimum Gasteiger partial charge on any atom is -0.506 e. The van der Waals surface area contributed by atoms with Crippen molar-refractivity contribution in [3.63, 3.8) is 0 Å². The van der Waals surface area contributed by atoms with E-state index in [0.29, 0.717) is 22.4 Å². The summed E-state index contributed by atoms with van der Waals surface area (Å²) in [6, 6.07) is 13.6. The van der Waals surface area contributed by atoms with Crippen molar-refractivity contribution in [2.24, 2.45) is 4.99 Å². The molecule has 21 heavy (non-hydrogen) atoms. The molecule has 4 heteroatoms. The van der Waals surface area contributed by atoms with Crippen LogP contribution < -0.4 is 0 Å². The smallest absolute Gasteiger partial charge is 0.214 e. The van der Waals surface area contributed by atoms with Crippen LogP contribution in [0.25, 0.3) is 5.76 Å². The average molecular weight is 275 g/mol. The number of para-hydroxylation sites is 1. The van der Waals surface area contributed by atoms with E-state index in [9.17, 15) is 14.7 Å². The highest BCUT2D eigenvalue weighted by Crippen LogP contribution is 2.36. The monoisotopic (exact) mass is 275 g/mol. The zero-order valence-electron chi connectivity index (χ0n) is 10.8. The number of allylic oxidation sites excluding steroid dienone is 1. The lowest BCUT2D eigenvalue weighted by Crippen LogP contribution is -2.17. The number of rotatable bonds is 1. The second kappa shape index (κ2) is 3.99. The Labute approximate surface area is 120 Å². The van der Waals surface area contributed by atoms with Gasteiger partial charge in [0, 0.05) is 16.7 Å². The molecule has 0 spiro atoms. The third-order valence-electron chi connectivity index (χ3n) is 3.72. The van der Waals surface area contributed by atoms with Crippen LogP contribution in [0.4, 0.5) is 5.69 Å². The van der Waals surface area contributed by atoms with Crippen molar-refractivity contribution >= 4 is 28.7 Å². The Hall–Kier alpha value is -3.01. The Bertz CT molecular complexity index is 890. The normalized spacial score (nSPS) is 16.1. The number of Topliss-reactive ketones (excluding diaryl/α,β-unsaturated/α-hetero) is 2. The van der Waals surface area contributed by atoms with Crippen LogP contribution in [-0.2, 0) is 0 Å². The number of aliphatic hydroxyl groups excluding tert-OH is 1. The van der Waals surface area contributed by atoms with E-state index in [-0.39, 0.29) is 28.6 Å². The molecule has 1 aliphatic carbocycles. The van der Waals surface area contributed by atoms with Crippen molar-refractivity contribution in [3.05, 3.63) is 70.8 Å². The Morgan fingerprint density at radius 3 is 2.05 bits per heavy atom. The van der Waals surface area contributed by atoms with Gasteiger partial charge in [-0.25, -0.2) is 4.99 Å². The summed E-state index contributed by atoms with van der Waals surface area (Å²) in [5.41, 5.74) is 1.85. The van der Waals surface area contributed by atoms with Crippen LogP contribution in [0.3, 0.4) is 0 Å². The standard InChI is InChI=1S/C17H9NO3/c19-15-9-5-1-2-6-10(9)16(20)13(15)14-17(21)11-7-3-4-8-12(11)18-14/h1-8,19H. The molecule has 2 aromatic rings. The average Bonchev–Trinajstić information content (AvgIpc) is 2.96. The van der Waals surface area contributed by atoms with E-state index in [4.69, 9.17) is 0 Å². The molecule has 0 atom stereocenters. The maximum absolute atomic E-state index is 12.4. The molecule has 1 N–H and O–H groups in total. The van der Waals surface area contributed by atoms with Gasteiger partial charge in [0.05, 0.1) is 11.3 Å². The molecule has 0 amide bonds. The topological polar surface area (TPSA) is 66.7 Å². The van der Waals surface area contributed by atoms with Gasteiger partial charge in [-0.3, -0.25) is 9.59 Å². The van der Waals surface area contributed by atoms with Crippen LogP contribution in [0.5, 0.6) is 0 Å². The fourth-order valence-corrected chi connectivity index (χ4v) is 2.72. The zero-order valence-corrected chi connectivity index (χ0v) is 10.8. The van der Waals surface area contributed by atoms with Crippen LogP contribution in [0.2, 0.25) is 0 Å². The molecular formula is C17H9NO3. The number of aliphatic imine (C=N–C) groups is 1. The molecule has 2 aliphatic rings. The first-order valence-corrected chi connectivity index (χ1v) is 6.48. The van der Waals surface area contributed by atoms with Gasteiger partial charge in [0.15, 0.2) is 5.78 Å². The van der Waals surface area contributed by atoms with E-state index in [1.807, 2.05) is 0 Å². The van der Waals surface area contributed by atoms with Crippen LogP contribution in [0, 0.1) is 0 Å². The molecular weight excluding hydrogens is 266 g/mol. The molecule has 4 nitrogen and oxygen atoms in total. The predicted octanol–water partition coefficient (Wildman–Crippen LogP) is 3.12. The van der Waals surface area contributed by atoms with E-state index in [1.54, 1.807) is 48.5 Å². The molecule has 2 aromatic carbocycles. The highest BCUT2D eigenvalue weighted by atomic mass is 16.3. The third-order valence-corrected chi connectivity index (χ3v) is 3.72. The van der Waals surface area contributed by atoms with E-state index in [2.05, 4.69) is 4.99 Å². The summed E-state index contributed by atoms with van der Waals surface area (Å²) in [4.78, 5) is 29.1. The number of hydrogen-bond acceptors (Lipinski definition) is 4. The SMILES string of the molecule is O=C1C(C2=C(O)c3ccccc3C2=O)=Nc2ccccc21. The largest absolute Gasteiger partial charge is 0.506 e. The number of fused-ring (bicyclic) bond motifs is 2. The molecule has 0 saturated heterocycles. The van der Waals surface area contributed by atoms with Crippen molar-refractivity contribution in [1.29, 1.82) is 0 Å². The molecule has 1 heterocycles. The fourth-order valence-electron chi connectivity index (χ4n) is 2.72. The summed E-state index contributed by atoms with van der Waals surface area (Å²) >= 11 is 0. The van der Waals surface area contributed by atoms with E-state index in [1.165, 1.54) is 0 Å². The first-order chi connectivity index (χ1) is 10.2. The van der Waals surface area contributed by atoms with Crippen molar-refractivity contribution < 1.29 is 14.7 Å². The van der Waals surface area contributed by atoms with Gasteiger partial charge in [0.25, 0.3) is 0 Å². The molecule has 0 unspecified atom stereocenters. The third kappa shape index (κ3) is 1.47. The Morgan fingerprint density at radius 1 is 0.762 bits per heavy atom. The summed E-state index contributed by atoms with van der Waals surface area (Å²) in [5.74, 6) is -0.855. The van der Waals surface area contributed by atoms with Gasteiger partial charge in [-0.2, -0.15) is 0 Å². The minimum atomic E-state index is -0.358. The fraction of sp³-hybridized carbons (Fsp3) is 0. The Balaban J connectivity index is 1.90. The lowest BCUT2D eigenvalue weighted by molar-refractivity contribution is 0.102. The second-order valence-corrected chi connectivity index (χ2v) is 4.90. The first kappa shape index (κ1) is 11.8. The van der Waals surface area contributed by atoms with Gasteiger partial charge < -0.3 is 5.11 Å². The van der Waals surface area contributed by atoms with Crippen LogP contribution in [-0.4, -0.2) is 22.4 Å². The number of ketones is 2. The Kier molecular flexibility index (Phi) is 2.24. The Morgan fingerprint density at radius 2 is 1.38 bits per heavy atom. The van der Waals surface area contributed by atoms with Gasteiger partial charge in [-0.05, 0) is 12.1 Å². The molecule has 0 aromatic heterocycles. The number of nitrogens with zero attached hydrogens (tertiary/aromatic N) is 1. The summed E-state index contributed by atoms with van der Waals surface area (Å²) in [7, 11) is 0. The lowest BCUT2D eigenvalue weighted by atomic mass is 10.0. The quantitative estimate of drug-likeness (QED) is 0.869. The van der Waals surface area contributed by atoms with Gasteiger partial charge in [0.2, 0.25) is 5.78 Å². The summed E-state index contributed by atoms with van der Waals surface area (Å²) in [5, 5.41) is 10.3. The zero-order chi connectivity index (χ0) is 14.6. The van der Waals surface area contributed by atoms with Gasteiger partial charge in [0.1, 0.15) is 11.5 Å². The molecule has 0 radical (unpaired) electrons. The van der Waals surface area contributed by atoms with Crippen molar-refractivity contribution in [2.75, 3.05) is 0 Å². The summed E-state index contributed by atoms with van der Waals surface area (Å²) in [6.07, 6.45) is 0. The van der Waals surface area contributed by atoms with Crippen LogP contribution in [0.1, 0.15) is 26.3 Å². The second-order valence-electron chi connectivity index (χ2n) is 4.90. The first-order valence-electron chi connectivity index (χ1n) is 6.48. The summed E-state index contributed by atoms with van der Waals surface area (Å²) < 4.78 is 0. The number of carbonyl (C=O) groups excluding carboxylic acids is 2. The van der Waals surface area contributed by atoms with E-state index in [0.717, 1.165) is 0 Å². The lowest BCUT2D eigenvalue weighted by Gasteiger charge is -1.99. The van der Waals surface area contributed by atoms with Crippen molar-refractivity contribution in [2.45, 2.75) is 0 Å². The molecule has 100 valence electrons. The summed E-state index contributed by atoms with van der Waals surface area (Å²) in [6.45, 7) is 0. The minimum absolute atomic E-state index is 0.00241. The van der Waals surface area contributed by atoms with E-state index < -0.39 is 0 Å².